The van der Waals surface area contributed by atoms with Crippen molar-refractivity contribution in [1.29, 1.82) is 0 Å². The van der Waals surface area contributed by atoms with E-state index < -0.39 is 11.6 Å². The molecule has 0 saturated carbocycles. The van der Waals surface area contributed by atoms with E-state index in [1.807, 2.05) is 13.8 Å². The molecule has 0 aliphatic rings. The van der Waals surface area contributed by atoms with E-state index in [1.54, 1.807) is 4.90 Å². The van der Waals surface area contributed by atoms with Gasteiger partial charge in [-0.2, -0.15) is 0 Å². The third-order valence-corrected chi connectivity index (χ3v) is 3.05. The van der Waals surface area contributed by atoms with Crippen LogP contribution in [0.1, 0.15) is 19.4 Å². The molecule has 0 unspecified atom stereocenters. The number of nitrogens with zero attached hydrogens (tertiary/aromatic N) is 1. The van der Waals surface area contributed by atoms with Gasteiger partial charge in [-0.25, -0.2) is 8.78 Å². The highest BCUT2D eigenvalue weighted by molar-refractivity contribution is 5.50. The van der Waals surface area contributed by atoms with Crippen molar-refractivity contribution in [2.24, 2.45) is 5.73 Å². The maximum absolute atomic E-state index is 14.1. The minimum Gasteiger partial charge on any atom is -0.380 e. The average molecular weight is 302 g/mol. The molecule has 1 aromatic rings. The second-order valence-electron chi connectivity index (χ2n) is 4.49. The third-order valence-electron chi connectivity index (χ3n) is 3.05. The van der Waals surface area contributed by atoms with Gasteiger partial charge in [0.15, 0.2) is 0 Å². The molecular formula is C15H24F2N2O2. The Morgan fingerprint density at radius 1 is 1.00 bits per heavy atom. The first-order valence-corrected chi connectivity index (χ1v) is 7.22. The van der Waals surface area contributed by atoms with E-state index in [-0.39, 0.29) is 12.2 Å². The SMILES string of the molecule is CCOCCN(CCOCC)c1c(F)cc(CN)cc1F. The highest BCUT2D eigenvalue weighted by atomic mass is 19.1. The number of rotatable bonds is 10. The summed E-state index contributed by atoms with van der Waals surface area (Å²) in [7, 11) is 0. The first-order valence-electron chi connectivity index (χ1n) is 7.22. The van der Waals surface area contributed by atoms with Crippen LogP contribution in [-0.2, 0) is 16.0 Å². The molecule has 0 atom stereocenters. The first-order chi connectivity index (χ1) is 10.1. The maximum Gasteiger partial charge on any atom is 0.149 e. The molecule has 6 heteroatoms. The van der Waals surface area contributed by atoms with Crippen molar-refractivity contribution in [1.82, 2.24) is 0 Å². The molecule has 0 aromatic heterocycles. The summed E-state index contributed by atoms with van der Waals surface area (Å²) in [6.45, 7) is 6.59. The van der Waals surface area contributed by atoms with Gasteiger partial charge in [0.2, 0.25) is 0 Å². The summed E-state index contributed by atoms with van der Waals surface area (Å²) in [5.74, 6) is -1.22. The summed E-state index contributed by atoms with van der Waals surface area (Å²) in [6, 6.07) is 2.54. The van der Waals surface area contributed by atoms with Gasteiger partial charge < -0.3 is 20.1 Å². The second-order valence-corrected chi connectivity index (χ2v) is 4.49. The molecule has 0 aliphatic heterocycles. The van der Waals surface area contributed by atoms with Crippen molar-refractivity contribution in [2.45, 2.75) is 20.4 Å². The Morgan fingerprint density at radius 3 is 1.86 bits per heavy atom. The van der Waals surface area contributed by atoms with Gasteiger partial charge in [-0.3, -0.25) is 0 Å². The summed E-state index contributed by atoms with van der Waals surface area (Å²) in [5, 5.41) is 0. The number of hydrogen-bond acceptors (Lipinski definition) is 4. The number of anilines is 1. The Balaban J connectivity index is 2.89. The van der Waals surface area contributed by atoms with E-state index in [0.717, 1.165) is 0 Å². The van der Waals surface area contributed by atoms with E-state index in [9.17, 15) is 8.78 Å². The van der Waals surface area contributed by atoms with Crippen LogP contribution >= 0.6 is 0 Å². The molecule has 21 heavy (non-hydrogen) atoms. The maximum atomic E-state index is 14.1. The van der Waals surface area contributed by atoms with Gasteiger partial charge in [0, 0.05) is 32.8 Å². The normalized spacial score (nSPS) is 10.9. The monoisotopic (exact) mass is 302 g/mol. The fraction of sp³-hybridized carbons (Fsp3) is 0.600. The predicted molar refractivity (Wildman–Crippen MR) is 79.4 cm³/mol. The quantitative estimate of drug-likeness (QED) is 0.674. The van der Waals surface area contributed by atoms with Gasteiger partial charge in [0.1, 0.15) is 17.3 Å². The summed E-state index contributed by atoms with van der Waals surface area (Å²) >= 11 is 0. The standard InChI is InChI=1S/C15H24F2N2O2/c1-3-20-7-5-19(6-8-21-4-2)15-13(16)9-12(11-18)10-14(15)17/h9-10H,3-8,11,18H2,1-2H3. The minimum absolute atomic E-state index is 0.0494. The second kappa shape index (κ2) is 9.65. The van der Waals surface area contributed by atoms with Crippen LogP contribution in [-0.4, -0.2) is 39.5 Å². The van der Waals surface area contributed by atoms with Gasteiger partial charge in [0.05, 0.1) is 13.2 Å². The number of ether oxygens (including phenoxy) is 2. The molecule has 0 bridgehead atoms. The molecule has 120 valence electrons. The number of benzene rings is 1. The van der Waals surface area contributed by atoms with E-state index in [2.05, 4.69) is 0 Å². The molecule has 0 fully saturated rings. The molecule has 0 spiro atoms. The summed E-state index contributed by atoms with van der Waals surface area (Å²) in [6.07, 6.45) is 0. The zero-order chi connectivity index (χ0) is 15.7. The Morgan fingerprint density at radius 2 is 1.48 bits per heavy atom. The lowest BCUT2D eigenvalue weighted by molar-refractivity contribution is 0.141. The Hall–Kier alpha value is -1.24. The van der Waals surface area contributed by atoms with E-state index in [4.69, 9.17) is 15.2 Å². The minimum atomic E-state index is -0.608. The Kier molecular flexibility index (Phi) is 8.19. The lowest BCUT2D eigenvalue weighted by Crippen LogP contribution is -2.32. The van der Waals surface area contributed by atoms with Crippen molar-refractivity contribution in [2.75, 3.05) is 44.4 Å². The van der Waals surface area contributed by atoms with Crippen molar-refractivity contribution in [3.63, 3.8) is 0 Å². The molecule has 2 N–H and O–H groups in total. The highest BCUT2D eigenvalue weighted by Gasteiger charge is 2.17. The van der Waals surface area contributed by atoms with Gasteiger partial charge in [-0.05, 0) is 31.5 Å². The van der Waals surface area contributed by atoms with E-state index >= 15 is 0 Å². The van der Waals surface area contributed by atoms with Gasteiger partial charge >= 0.3 is 0 Å². The van der Waals surface area contributed by atoms with Crippen molar-refractivity contribution >= 4 is 5.69 Å². The topological polar surface area (TPSA) is 47.7 Å². The van der Waals surface area contributed by atoms with Crippen LogP contribution in [0, 0.1) is 11.6 Å². The number of nitrogens with two attached hydrogens (primary N) is 1. The molecule has 0 radical (unpaired) electrons. The van der Waals surface area contributed by atoms with Crippen LogP contribution in [0.2, 0.25) is 0 Å². The van der Waals surface area contributed by atoms with Crippen LogP contribution < -0.4 is 10.6 Å². The van der Waals surface area contributed by atoms with Crippen molar-refractivity contribution in [3.8, 4) is 0 Å². The van der Waals surface area contributed by atoms with Gasteiger partial charge in [-0.1, -0.05) is 0 Å². The van der Waals surface area contributed by atoms with Crippen LogP contribution in [0.4, 0.5) is 14.5 Å². The predicted octanol–water partition coefficient (Wildman–Crippen LogP) is 2.30. The van der Waals surface area contributed by atoms with E-state index in [1.165, 1.54) is 12.1 Å². The number of halogens is 2. The molecule has 0 saturated heterocycles. The summed E-state index contributed by atoms with van der Waals surface area (Å²) in [4.78, 5) is 1.61. The molecular weight excluding hydrogens is 278 g/mol. The van der Waals surface area contributed by atoms with Gasteiger partial charge in [-0.15, -0.1) is 0 Å². The lowest BCUT2D eigenvalue weighted by Gasteiger charge is -2.26. The zero-order valence-electron chi connectivity index (χ0n) is 12.7. The van der Waals surface area contributed by atoms with Crippen LogP contribution in [0.3, 0.4) is 0 Å². The highest BCUT2D eigenvalue weighted by Crippen LogP contribution is 2.25. The molecule has 1 aromatic carbocycles. The van der Waals surface area contributed by atoms with E-state index in [0.29, 0.717) is 45.1 Å². The fourth-order valence-corrected chi connectivity index (χ4v) is 2.01. The zero-order valence-corrected chi connectivity index (χ0v) is 12.7. The molecule has 0 aliphatic carbocycles. The van der Waals surface area contributed by atoms with Gasteiger partial charge in [0.25, 0.3) is 0 Å². The molecule has 1 rings (SSSR count). The van der Waals surface area contributed by atoms with Crippen LogP contribution in [0.15, 0.2) is 12.1 Å². The largest absolute Gasteiger partial charge is 0.380 e. The first kappa shape index (κ1) is 17.8. The molecule has 0 amide bonds. The summed E-state index contributed by atoms with van der Waals surface area (Å²) in [5.41, 5.74) is 5.81. The summed E-state index contributed by atoms with van der Waals surface area (Å²) < 4.78 is 38.8. The van der Waals surface area contributed by atoms with Crippen molar-refractivity contribution in [3.05, 3.63) is 29.3 Å². The number of hydrogen-bond donors (Lipinski definition) is 1. The smallest absolute Gasteiger partial charge is 0.149 e. The van der Waals surface area contributed by atoms with Crippen molar-refractivity contribution < 1.29 is 18.3 Å². The molecule has 4 nitrogen and oxygen atoms in total. The van der Waals surface area contributed by atoms with Crippen LogP contribution in [0.25, 0.3) is 0 Å². The molecule has 0 heterocycles. The van der Waals surface area contributed by atoms with Crippen LogP contribution in [0.5, 0.6) is 0 Å². The third kappa shape index (κ3) is 5.57. The fourth-order valence-electron chi connectivity index (χ4n) is 2.01. The average Bonchev–Trinajstić information content (AvgIpc) is 2.46. The Bertz CT molecular complexity index is 397. The lowest BCUT2D eigenvalue weighted by atomic mass is 10.1. The Labute approximate surface area is 124 Å².